The maximum atomic E-state index is 11.5. The van der Waals surface area contributed by atoms with Crippen molar-refractivity contribution in [1.29, 1.82) is 0 Å². The first-order valence-corrected chi connectivity index (χ1v) is 5.14. The van der Waals surface area contributed by atoms with Crippen molar-refractivity contribution < 1.29 is 9.90 Å². The first-order chi connectivity index (χ1) is 7.13. The van der Waals surface area contributed by atoms with Crippen molar-refractivity contribution in [2.45, 2.75) is 20.3 Å². The van der Waals surface area contributed by atoms with Gasteiger partial charge in [-0.3, -0.25) is 4.79 Å². The molecule has 1 rings (SSSR count). The quantitative estimate of drug-likeness (QED) is 0.765. The summed E-state index contributed by atoms with van der Waals surface area (Å²) in [6.45, 7) is 3.90. The number of hydrogen-bond acceptors (Lipinski definition) is 2. The van der Waals surface area contributed by atoms with E-state index in [2.05, 4.69) is 0 Å². The lowest BCUT2D eigenvalue weighted by Gasteiger charge is -2.01. The van der Waals surface area contributed by atoms with E-state index in [1.54, 1.807) is 30.4 Å². The van der Waals surface area contributed by atoms with Gasteiger partial charge in [-0.15, -0.1) is 0 Å². The van der Waals surface area contributed by atoms with Crippen molar-refractivity contribution in [2.24, 2.45) is 5.92 Å². The molecule has 0 fully saturated rings. The molecule has 0 heterocycles. The maximum Gasteiger partial charge on any atom is 0.158 e. The number of phenolic OH excluding ortho intramolecular Hbond substituents is 1. The van der Waals surface area contributed by atoms with Crippen LogP contribution in [0.2, 0.25) is 0 Å². The Labute approximate surface area is 90.3 Å². The second kappa shape index (κ2) is 5.35. The average Bonchev–Trinajstić information content (AvgIpc) is 2.25. The second-order valence-electron chi connectivity index (χ2n) is 3.64. The van der Waals surface area contributed by atoms with Crippen LogP contribution in [0.4, 0.5) is 0 Å². The molecule has 0 saturated carbocycles. The highest BCUT2D eigenvalue weighted by Crippen LogP contribution is 2.13. The number of aromatic hydroxyl groups is 1. The normalized spacial score (nSPS) is 12.9. The fourth-order valence-electron chi connectivity index (χ4n) is 1.17. The molecule has 2 heteroatoms. The average molecular weight is 204 g/mol. The Morgan fingerprint density at radius 1 is 1.53 bits per heavy atom. The zero-order chi connectivity index (χ0) is 11.3. The van der Waals surface area contributed by atoms with Gasteiger partial charge < -0.3 is 5.11 Å². The monoisotopic (exact) mass is 204 g/mol. The van der Waals surface area contributed by atoms with E-state index in [4.69, 9.17) is 0 Å². The molecular weight excluding hydrogens is 188 g/mol. The van der Waals surface area contributed by atoms with Crippen LogP contribution in [-0.4, -0.2) is 10.9 Å². The fraction of sp³-hybridized carbons (Fsp3) is 0.308. The third kappa shape index (κ3) is 3.58. The minimum atomic E-state index is 0.0681. The second-order valence-corrected chi connectivity index (χ2v) is 3.64. The molecule has 15 heavy (non-hydrogen) atoms. The molecule has 1 unspecified atom stereocenters. The van der Waals surface area contributed by atoms with E-state index in [9.17, 15) is 9.90 Å². The van der Waals surface area contributed by atoms with E-state index >= 15 is 0 Å². The van der Waals surface area contributed by atoms with E-state index in [-0.39, 0.29) is 17.5 Å². The van der Waals surface area contributed by atoms with Crippen LogP contribution in [0.1, 0.15) is 25.8 Å². The molecule has 80 valence electrons. The lowest BCUT2D eigenvalue weighted by molar-refractivity contribution is -0.117. The Morgan fingerprint density at radius 2 is 2.27 bits per heavy atom. The Hall–Kier alpha value is -1.57. The van der Waals surface area contributed by atoms with Gasteiger partial charge >= 0.3 is 0 Å². The summed E-state index contributed by atoms with van der Waals surface area (Å²) in [5.74, 6) is 0.410. The first-order valence-electron chi connectivity index (χ1n) is 5.14. The van der Waals surface area contributed by atoms with E-state index in [1.165, 1.54) is 0 Å². The molecule has 0 amide bonds. The third-order valence-corrected chi connectivity index (χ3v) is 2.41. The van der Waals surface area contributed by atoms with Crippen LogP contribution in [0, 0.1) is 5.92 Å². The fourth-order valence-corrected chi connectivity index (χ4v) is 1.17. The Morgan fingerprint density at radius 3 is 2.87 bits per heavy atom. The first kappa shape index (κ1) is 11.5. The van der Waals surface area contributed by atoms with Crippen LogP contribution >= 0.6 is 0 Å². The molecule has 0 saturated heterocycles. The van der Waals surface area contributed by atoms with Gasteiger partial charge in [-0.05, 0) is 30.2 Å². The van der Waals surface area contributed by atoms with Crippen LogP contribution in [0.5, 0.6) is 5.75 Å². The van der Waals surface area contributed by atoms with Gasteiger partial charge in [-0.1, -0.05) is 32.1 Å². The van der Waals surface area contributed by atoms with Crippen LogP contribution < -0.4 is 0 Å². The van der Waals surface area contributed by atoms with Crippen LogP contribution in [0.15, 0.2) is 30.3 Å². The van der Waals surface area contributed by atoms with Gasteiger partial charge in [0.1, 0.15) is 5.75 Å². The van der Waals surface area contributed by atoms with Gasteiger partial charge in [0, 0.05) is 5.92 Å². The van der Waals surface area contributed by atoms with Crippen molar-refractivity contribution in [2.75, 3.05) is 0 Å². The number of ketones is 1. The van der Waals surface area contributed by atoms with Crippen molar-refractivity contribution in [3.05, 3.63) is 35.9 Å². The highest BCUT2D eigenvalue weighted by atomic mass is 16.3. The molecule has 0 aliphatic rings. The number of rotatable bonds is 4. The smallest absolute Gasteiger partial charge is 0.158 e. The summed E-state index contributed by atoms with van der Waals surface area (Å²) >= 11 is 0. The Balaban J connectivity index is 2.69. The van der Waals surface area contributed by atoms with Crippen molar-refractivity contribution in [3.8, 4) is 5.75 Å². The van der Waals surface area contributed by atoms with E-state index < -0.39 is 0 Å². The SMILES string of the molecule is CCC(C)C(=O)C=Cc1cccc(O)c1. The predicted molar refractivity (Wildman–Crippen MR) is 61.6 cm³/mol. The zero-order valence-electron chi connectivity index (χ0n) is 9.10. The Kier molecular flexibility index (Phi) is 4.10. The molecule has 1 atom stereocenters. The highest BCUT2D eigenvalue weighted by Gasteiger charge is 2.05. The molecular formula is C13H16O2. The minimum absolute atomic E-state index is 0.0681. The van der Waals surface area contributed by atoms with Gasteiger partial charge in [0.15, 0.2) is 5.78 Å². The predicted octanol–water partition coefficient (Wildman–Crippen LogP) is 3.02. The minimum Gasteiger partial charge on any atom is -0.508 e. The summed E-state index contributed by atoms with van der Waals surface area (Å²) in [4.78, 5) is 11.5. The van der Waals surface area contributed by atoms with Crippen LogP contribution in [0.3, 0.4) is 0 Å². The number of carbonyl (C=O) groups excluding carboxylic acids is 1. The van der Waals surface area contributed by atoms with Crippen molar-refractivity contribution in [3.63, 3.8) is 0 Å². The molecule has 0 aromatic heterocycles. The lowest BCUT2D eigenvalue weighted by atomic mass is 10.0. The van der Waals surface area contributed by atoms with Gasteiger partial charge in [0.25, 0.3) is 0 Å². The number of benzene rings is 1. The molecule has 1 aromatic carbocycles. The maximum absolute atomic E-state index is 11.5. The molecule has 1 aromatic rings. The number of phenols is 1. The van der Waals surface area contributed by atoms with Gasteiger partial charge in [-0.25, -0.2) is 0 Å². The summed E-state index contributed by atoms with van der Waals surface area (Å²) < 4.78 is 0. The summed E-state index contributed by atoms with van der Waals surface area (Å²) in [6.07, 6.45) is 4.15. The highest BCUT2D eigenvalue weighted by molar-refractivity contribution is 5.95. The zero-order valence-corrected chi connectivity index (χ0v) is 9.10. The van der Waals surface area contributed by atoms with E-state index in [0.29, 0.717) is 0 Å². The molecule has 0 spiro atoms. The van der Waals surface area contributed by atoms with Crippen molar-refractivity contribution in [1.82, 2.24) is 0 Å². The van der Waals surface area contributed by atoms with Gasteiger partial charge in [0.05, 0.1) is 0 Å². The number of carbonyl (C=O) groups is 1. The largest absolute Gasteiger partial charge is 0.508 e. The number of allylic oxidation sites excluding steroid dienone is 1. The van der Waals surface area contributed by atoms with Crippen molar-refractivity contribution >= 4 is 11.9 Å². The third-order valence-electron chi connectivity index (χ3n) is 2.41. The molecule has 1 N–H and O–H groups in total. The molecule has 0 aliphatic carbocycles. The standard InChI is InChI=1S/C13H16O2/c1-3-10(2)13(15)8-7-11-5-4-6-12(14)9-11/h4-10,14H,3H2,1-2H3. The summed E-state index contributed by atoms with van der Waals surface area (Å²) in [5, 5.41) is 9.21. The topological polar surface area (TPSA) is 37.3 Å². The van der Waals surface area contributed by atoms with Gasteiger partial charge in [0.2, 0.25) is 0 Å². The molecule has 2 nitrogen and oxygen atoms in total. The van der Waals surface area contributed by atoms with Gasteiger partial charge in [-0.2, -0.15) is 0 Å². The van der Waals surface area contributed by atoms with E-state index in [0.717, 1.165) is 12.0 Å². The summed E-state index contributed by atoms with van der Waals surface area (Å²) in [7, 11) is 0. The molecule has 0 radical (unpaired) electrons. The lowest BCUT2D eigenvalue weighted by Crippen LogP contribution is -2.05. The molecule has 0 aliphatic heterocycles. The number of hydrogen-bond donors (Lipinski definition) is 1. The Bertz CT molecular complexity index is 367. The molecule has 0 bridgehead atoms. The summed E-state index contributed by atoms with van der Waals surface area (Å²) in [5.41, 5.74) is 0.839. The summed E-state index contributed by atoms with van der Waals surface area (Å²) in [6, 6.07) is 6.83. The van der Waals surface area contributed by atoms with E-state index in [1.807, 2.05) is 19.9 Å². The van der Waals surface area contributed by atoms with Crippen LogP contribution in [0.25, 0.3) is 6.08 Å². The van der Waals surface area contributed by atoms with Crippen LogP contribution in [-0.2, 0) is 4.79 Å².